The van der Waals surface area contributed by atoms with Crippen molar-refractivity contribution >= 4 is 11.2 Å². The molecule has 0 aliphatic carbocycles. The number of aryl methyl sites for hydroxylation is 1. The molecule has 0 aliphatic rings. The van der Waals surface area contributed by atoms with Gasteiger partial charge in [-0.2, -0.15) is 5.10 Å². The number of hydrogen-bond donors (Lipinski definition) is 0. The number of fused-ring (bicyclic) bond motifs is 1. The molecule has 0 spiro atoms. The molecule has 0 aliphatic heterocycles. The van der Waals surface area contributed by atoms with Gasteiger partial charge in [0.05, 0.1) is 16.7 Å². The van der Waals surface area contributed by atoms with Crippen LogP contribution in [0.2, 0.25) is 0 Å². The van der Waals surface area contributed by atoms with Crippen LogP contribution >= 0.6 is 0 Å². The molecule has 17 heavy (non-hydrogen) atoms. The number of rotatable bonds is 2. The molecule has 0 bridgehead atoms. The molecule has 3 rings (SSSR count). The Bertz CT molecular complexity index is 683. The summed E-state index contributed by atoms with van der Waals surface area (Å²) in [5.41, 5.74) is 2.58. The Morgan fingerprint density at radius 3 is 2.71 bits per heavy atom. The number of para-hydroxylation sites is 1. The minimum atomic E-state index is 0.522. The average Bonchev–Trinajstić information content (AvgIpc) is 2.92. The average molecular weight is 228 g/mol. The fraction of sp³-hybridized carbons (Fsp3) is 0.100. The molecule has 0 amide bonds. The van der Waals surface area contributed by atoms with Gasteiger partial charge in [-0.15, -0.1) is 10.0 Å². The molecule has 0 unspecified atom stereocenters. The number of hydrogen-bond acceptors (Lipinski definition) is 5. The fourth-order valence-corrected chi connectivity index (χ4v) is 1.77. The molecular formula is C10H8N6O. The van der Waals surface area contributed by atoms with Gasteiger partial charge in [-0.1, -0.05) is 23.0 Å². The van der Waals surface area contributed by atoms with Gasteiger partial charge in [0.25, 0.3) is 0 Å². The van der Waals surface area contributed by atoms with Crippen LogP contribution in [0.3, 0.4) is 0 Å². The number of benzene rings is 1. The van der Waals surface area contributed by atoms with Crippen molar-refractivity contribution in [3.05, 3.63) is 40.9 Å². The van der Waals surface area contributed by atoms with Gasteiger partial charge in [-0.05, 0) is 24.3 Å². The van der Waals surface area contributed by atoms with Crippen LogP contribution in [0.1, 0.15) is 5.69 Å². The molecule has 0 N–H and O–H groups in total. The van der Waals surface area contributed by atoms with E-state index in [-0.39, 0.29) is 0 Å². The molecule has 1 aromatic carbocycles. The van der Waals surface area contributed by atoms with E-state index < -0.39 is 0 Å². The molecular weight excluding hydrogens is 220 g/mol. The van der Waals surface area contributed by atoms with E-state index in [1.165, 1.54) is 0 Å². The first-order chi connectivity index (χ1) is 8.31. The van der Waals surface area contributed by atoms with Crippen molar-refractivity contribution in [2.75, 3.05) is 0 Å². The minimum Gasteiger partial charge on any atom is -0.211 e. The molecule has 84 valence electrons. The maximum Gasteiger partial charge on any atom is 0.208 e. The van der Waals surface area contributed by atoms with E-state index in [0.29, 0.717) is 16.9 Å². The van der Waals surface area contributed by atoms with Gasteiger partial charge in [-0.25, -0.2) is 4.68 Å². The molecule has 7 heteroatoms. The first-order valence-electron chi connectivity index (χ1n) is 5.01. The van der Waals surface area contributed by atoms with Crippen molar-refractivity contribution in [2.45, 2.75) is 6.92 Å². The third-order valence-corrected chi connectivity index (χ3v) is 2.51. The molecule has 0 radical (unpaired) electrons. The number of aromatic nitrogens is 5. The Hall–Kier alpha value is -2.57. The highest BCUT2D eigenvalue weighted by atomic mass is 16.3. The van der Waals surface area contributed by atoms with Crippen LogP contribution in [-0.2, 0) is 0 Å². The standard InChI is InChI=1S/C10H8N6O/c1-7-9-10(11-13-16(9)14-17)15(12-7)8-5-3-2-4-6-8/h2-6H,1H3. The highest BCUT2D eigenvalue weighted by Gasteiger charge is 2.16. The van der Waals surface area contributed by atoms with E-state index in [4.69, 9.17) is 0 Å². The Morgan fingerprint density at radius 2 is 2.00 bits per heavy atom. The predicted octanol–water partition coefficient (Wildman–Crippen LogP) is 1.45. The lowest BCUT2D eigenvalue weighted by Gasteiger charge is -1.98. The summed E-state index contributed by atoms with van der Waals surface area (Å²) < 4.78 is 1.64. The van der Waals surface area contributed by atoms with E-state index in [1.807, 2.05) is 30.3 Å². The van der Waals surface area contributed by atoms with Gasteiger partial charge >= 0.3 is 0 Å². The minimum absolute atomic E-state index is 0.522. The van der Waals surface area contributed by atoms with Crippen LogP contribution in [-0.4, -0.2) is 24.9 Å². The quantitative estimate of drug-likeness (QED) is 0.622. The maximum absolute atomic E-state index is 10.6. The molecule has 2 heterocycles. The second-order valence-corrected chi connectivity index (χ2v) is 3.57. The van der Waals surface area contributed by atoms with Crippen LogP contribution in [0, 0.1) is 11.8 Å². The van der Waals surface area contributed by atoms with Crippen LogP contribution in [0.4, 0.5) is 0 Å². The van der Waals surface area contributed by atoms with Gasteiger partial charge in [0.1, 0.15) is 0 Å². The summed E-state index contributed by atoms with van der Waals surface area (Å²) in [6.45, 7) is 1.78. The van der Waals surface area contributed by atoms with E-state index >= 15 is 0 Å². The maximum atomic E-state index is 10.6. The highest BCUT2D eigenvalue weighted by Crippen LogP contribution is 2.19. The molecule has 3 aromatic rings. The van der Waals surface area contributed by atoms with Crippen molar-refractivity contribution in [1.29, 1.82) is 0 Å². The molecule has 0 atom stereocenters. The van der Waals surface area contributed by atoms with E-state index in [0.717, 1.165) is 10.5 Å². The topological polar surface area (TPSA) is 78.0 Å². The highest BCUT2D eigenvalue weighted by molar-refractivity contribution is 5.75. The fourth-order valence-electron chi connectivity index (χ4n) is 1.77. The first kappa shape index (κ1) is 9.64. The summed E-state index contributed by atoms with van der Waals surface area (Å²) in [6.07, 6.45) is 0. The summed E-state index contributed by atoms with van der Waals surface area (Å²) >= 11 is 0. The van der Waals surface area contributed by atoms with Crippen LogP contribution in [0.5, 0.6) is 0 Å². The summed E-state index contributed by atoms with van der Waals surface area (Å²) in [5.74, 6) is 0. The Kier molecular flexibility index (Phi) is 1.97. The lowest BCUT2D eigenvalue weighted by Crippen LogP contribution is -1.97. The zero-order chi connectivity index (χ0) is 11.8. The second-order valence-electron chi connectivity index (χ2n) is 3.57. The normalized spacial score (nSPS) is 10.9. The Balaban J connectivity index is 2.32. The smallest absolute Gasteiger partial charge is 0.208 e. The zero-order valence-corrected chi connectivity index (χ0v) is 8.98. The lowest BCUT2D eigenvalue weighted by atomic mass is 10.3. The first-order valence-corrected chi connectivity index (χ1v) is 5.01. The van der Waals surface area contributed by atoms with Gasteiger partial charge < -0.3 is 0 Å². The zero-order valence-electron chi connectivity index (χ0n) is 8.98. The van der Waals surface area contributed by atoms with Crippen LogP contribution in [0.15, 0.2) is 35.6 Å². The summed E-state index contributed by atoms with van der Waals surface area (Å²) in [4.78, 5) is 11.5. The van der Waals surface area contributed by atoms with Gasteiger partial charge in [-0.3, -0.25) is 0 Å². The SMILES string of the molecule is Cc1nn(-c2ccccc2)c2nnn(N=O)c12. The predicted molar refractivity (Wildman–Crippen MR) is 60.6 cm³/mol. The van der Waals surface area contributed by atoms with Crippen molar-refractivity contribution in [2.24, 2.45) is 5.29 Å². The van der Waals surface area contributed by atoms with Gasteiger partial charge in [0, 0.05) is 0 Å². The number of nitrogens with zero attached hydrogens (tertiary/aromatic N) is 6. The second kappa shape index (κ2) is 3.48. The largest absolute Gasteiger partial charge is 0.211 e. The Labute approximate surface area is 95.6 Å². The molecule has 0 saturated heterocycles. The molecule has 0 saturated carbocycles. The van der Waals surface area contributed by atoms with Crippen molar-refractivity contribution < 1.29 is 0 Å². The van der Waals surface area contributed by atoms with E-state index in [9.17, 15) is 4.91 Å². The van der Waals surface area contributed by atoms with Gasteiger partial charge in [0.15, 0.2) is 5.52 Å². The monoisotopic (exact) mass is 228 g/mol. The van der Waals surface area contributed by atoms with Crippen molar-refractivity contribution in [1.82, 2.24) is 24.9 Å². The van der Waals surface area contributed by atoms with Crippen LogP contribution < -0.4 is 0 Å². The number of nitroso groups, excluding NO2 is 1. The van der Waals surface area contributed by atoms with E-state index in [2.05, 4.69) is 20.7 Å². The summed E-state index contributed by atoms with van der Waals surface area (Å²) in [7, 11) is 0. The molecule has 2 aromatic heterocycles. The van der Waals surface area contributed by atoms with Crippen LogP contribution in [0.25, 0.3) is 16.9 Å². The third-order valence-electron chi connectivity index (χ3n) is 2.51. The third kappa shape index (κ3) is 1.32. The Morgan fingerprint density at radius 1 is 1.24 bits per heavy atom. The van der Waals surface area contributed by atoms with E-state index in [1.54, 1.807) is 11.6 Å². The van der Waals surface area contributed by atoms with Crippen molar-refractivity contribution in [3.63, 3.8) is 0 Å². The summed E-state index contributed by atoms with van der Waals surface area (Å²) in [5, 5.41) is 14.6. The van der Waals surface area contributed by atoms with Crippen molar-refractivity contribution in [3.8, 4) is 5.69 Å². The lowest BCUT2D eigenvalue weighted by molar-refractivity contribution is 0.697. The molecule has 0 fully saturated rings. The summed E-state index contributed by atoms with van der Waals surface area (Å²) in [6, 6.07) is 9.53. The molecule has 7 nitrogen and oxygen atoms in total. The van der Waals surface area contributed by atoms with Gasteiger partial charge in [0.2, 0.25) is 5.65 Å².